The van der Waals surface area contributed by atoms with Gasteiger partial charge in [0.15, 0.2) is 5.88 Å². The highest BCUT2D eigenvalue weighted by Crippen LogP contribution is 2.34. The van der Waals surface area contributed by atoms with Gasteiger partial charge in [-0.15, -0.1) is 0 Å². The minimum Gasteiger partial charge on any atom is -0.494 e. The van der Waals surface area contributed by atoms with Gasteiger partial charge in [-0.2, -0.15) is 0 Å². The molecule has 0 bridgehead atoms. The molecular weight excluding hydrogens is 492 g/mol. The fourth-order valence-electron chi connectivity index (χ4n) is 4.11. The van der Waals surface area contributed by atoms with Crippen molar-refractivity contribution in [3.05, 3.63) is 89.0 Å². The molecule has 1 heterocycles. The number of aromatic amines is 1. The number of H-pyrrole nitrogens is 1. The lowest BCUT2D eigenvalue weighted by molar-refractivity contribution is 0.0601. The Hall–Kier alpha value is -4.15. The van der Waals surface area contributed by atoms with Gasteiger partial charge in [0, 0.05) is 22.0 Å². The number of fused-ring (bicyclic) bond motifs is 1. The molecule has 0 saturated carbocycles. The van der Waals surface area contributed by atoms with Gasteiger partial charge < -0.3 is 20.6 Å². The van der Waals surface area contributed by atoms with Gasteiger partial charge in [0.25, 0.3) is 0 Å². The van der Waals surface area contributed by atoms with E-state index in [0.29, 0.717) is 44.7 Å². The average molecular weight is 521 g/mol. The van der Waals surface area contributed by atoms with Crippen molar-refractivity contribution in [2.45, 2.75) is 19.4 Å². The van der Waals surface area contributed by atoms with E-state index < -0.39 is 21.5 Å². The number of rotatable bonds is 7. The Labute approximate surface area is 215 Å². The first kappa shape index (κ1) is 25.9. The molecule has 192 valence electrons. The SMILES string of the molecule is COC(=O)c1ccc2c(C(=Nc3ccc(C(C)(C)N)c(NS(C)(=O)=O)c3)c3ccccc3)c(O)[nH]c2c1. The maximum atomic E-state index is 12.1. The van der Waals surface area contributed by atoms with Crippen molar-refractivity contribution in [2.75, 3.05) is 18.1 Å². The quantitative estimate of drug-likeness (QED) is 0.210. The molecule has 0 unspecified atom stereocenters. The molecule has 4 rings (SSSR count). The molecule has 0 radical (unpaired) electrons. The number of aliphatic imine (C=N–C) groups is 1. The van der Waals surface area contributed by atoms with E-state index in [9.17, 15) is 18.3 Å². The third kappa shape index (κ3) is 5.65. The van der Waals surface area contributed by atoms with Crippen LogP contribution in [0, 0.1) is 0 Å². The van der Waals surface area contributed by atoms with Gasteiger partial charge in [0.1, 0.15) is 0 Å². The number of hydrogen-bond donors (Lipinski definition) is 4. The molecule has 1 aromatic heterocycles. The second-order valence-corrected chi connectivity index (χ2v) is 11.0. The van der Waals surface area contributed by atoms with E-state index in [4.69, 9.17) is 15.5 Å². The molecule has 0 aliphatic rings. The van der Waals surface area contributed by atoms with Crippen LogP contribution >= 0.6 is 0 Å². The Bertz CT molecular complexity index is 1620. The summed E-state index contributed by atoms with van der Waals surface area (Å²) in [5.74, 6) is -0.628. The zero-order valence-corrected chi connectivity index (χ0v) is 21.7. The van der Waals surface area contributed by atoms with Gasteiger partial charge >= 0.3 is 5.97 Å². The normalized spacial score (nSPS) is 12.5. The van der Waals surface area contributed by atoms with Gasteiger partial charge in [-0.05, 0) is 43.7 Å². The summed E-state index contributed by atoms with van der Waals surface area (Å²) in [6.07, 6.45) is 1.07. The molecule has 0 spiro atoms. The van der Waals surface area contributed by atoms with Crippen molar-refractivity contribution in [1.82, 2.24) is 4.98 Å². The number of esters is 1. The fraction of sp³-hybridized carbons (Fsp3) is 0.185. The Morgan fingerprint density at radius 1 is 1.05 bits per heavy atom. The summed E-state index contributed by atoms with van der Waals surface area (Å²) < 4.78 is 31.4. The number of aromatic hydroxyl groups is 1. The first-order valence-electron chi connectivity index (χ1n) is 11.4. The first-order chi connectivity index (χ1) is 17.4. The third-order valence-electron chi connectivity index (χ3n) is 5.72. The summed E-state index contributed by atoms with van der Waals surface area (Å²) >= 11 is 0. The first-order valence-corrected chi connectivity index (χ1v) is 13.2. The average Bonchev–Trinajstić information content (AvgIpc) is 3.15. The topological polar surface area (TPSA) is 147 Å². The highest BCUT2D eigenvalue weighted by molar-refractivity contribution is 7.92. The standard InChI is InChI=1S/C27H28N4O5S/c1-27(2,28)20-13-11-18(15-22(20)31-37(4,34)35)29-24(16-8-6-5-7-9-16)23-19-12-10-17(26(33)36-3)14-21(19)30-25(23)32/h5-15,30-32H,28H2,1-4H3. The van der Waals surface area contributed by atoms with Crippen molar-refractivity contribution in [3.8, 4) is 5.88 Å². The number of ether oxygens (including phenoxy) is 1. The van der Waals surface area contributed by atoms with Crippen molar-refractivity contribution >= 4 is 44.0 Å². The van der Waals surface area contributed by atoms with Crippen LogP contribution in [0.25, 0.3) is 10.9 Å². The van der Waals surface area contributed by atoms with E-state index >= 15 is 0 Å². The van der Waals surface area contributed by atoms with Crippen molar-refractivity contribution in [3.63, 3.8) is 0 Å². The Morgan fingerprint density at radius 2 is 1.76 bits per heavy atom. The van der Waals surface area contributed by atoms with Crippen LogP contribution in [0.5, 0.6) is 5.88 Å². The van der Waals surface area contributed by atoms with E-state index in [1.54, 1.807) is 50.2 Å². The lowest BCUT2D eigenvalue weighted by Gasteiger charge is -2.23. The summed E-state index contributed by atoms with van der Waals surface area (Å²) in [7, 11) is -2.29. The van der Waals surface area contributed by atoms with Crippen LogP contribution in [0.15, 0.2) is 71.7 Å². The number of benzene rings is 3. The monoisotopic (exact) mass is 520 g/mol. The summed E-state index contributed by atoms with van der Waals surface area (Å²) in [6.45, 7) is 3.56. The summed E-state index contributed by atoms with van der Waals surface area (Å²) in [4.78, 5) is 19.7. The van der Waals surface area contributed by atoms with Gasteiger partial charge in [-0.25, -0.2) is 18.2 Å². The molecule has 0 fully saturated rings. The molecule has 37 heavy (non-hydrogen) atoms. The molecule has 0 aliphatic heterocycles. The highest BCUT2D eigenvalue weighted by atomic mass is 32.2. The van der Waals surface area contributed by atoms with E-state index in [2.05, 4.69) is 9.71 Å². The molecule has 0 amide bonds. The van der Waals surface area contributed by atoms with Gasteiger partial charge in [0.05, 0.1) is 41.6 Å². The third-order valence-corrected chi connectivity index (χ3v) is 6.31. The van der Waals surface area contributed by atoms with Crippen LogP contribution in [-0.4, -0.2) is 43.6 Å². The second-order valence-electron chi connectivity index (χ2n) is 9.25. The number of aromatic nitrogens is 1. The minimum atomic E-state index is -3.59. The predicted molar refractivity (Wildman–Crippen MR) is 145 cm³/mol. The van der Waals surface area contributed by atoms with Crippen LogP contribution in [0.1, 0.15) is 40.9 Å². The predicted octanol–water partition coefficient (Wildman–Crippen LogP) is 4.39. The second kappa shape index (κ2) is 9.72. The number of nitrogens with two attached hydrogens (primary N) is 1. The van der Waals surface area contributed by atoms with Crippen LogP contribution in [0.3, 0.4) is 0 Å². The maximum absolute atomic E-state index is 12.1. The summed E-state index contributed by atoms with van der Waals surface area (Å²) in [5.41, 5.74) is 9.27. The van der Waals surface area contributed by atoms with Crippen LogP contribution in [0.2, 0.25) is 0 Å². The molecule has 0 atom stereocenters. The zero-order valence-electron chi connectivity index (χ0n) is 20.9. The lowest BCUT2D eigenvalue weighted by Crippen LogP contribution is -2.30. The molecule has 0 aliphatic carbocycles. The Morgan fingerprint density at radius 3 is 2.38 bits per heavy atom. The number of methoxy groups -OCH3 is 1. The van der Waals surface area contributed by atoms with Crippen LogP contribution < -0.4 is 10.5 Å². The summed E-state index contributed by atoms with van der Waals surface area (Å²) in [6, 6.07) is 19.3. The number of nitrogens with zero attached hydrogens (tertiary/aromatic N) is 1. The highest BCUT2D eigenvalue weighted by Gasteiger charge is 2.23. The Kier molecular flexibility index (Phi) is 6.81. The van der Waals surface area contributed by atoms with E-state index in [-0.39, 0.29) is 5.88 Å². The Balaban J connectivity index is 1.95. The molecular formula is C27H28N4O5S. The van der Waals surface area contributed by atoms with Gasteiger partial charge in [-0.1, -0.05) is 42.5 Å². The smallest absolute Gasteiger partial charge is 0.337 e. The molecule has 4 aromatic rings. The number of anilines is 1. The van der Waals surface area contributed by atoms with Crippen LogP contribution in [-0.2, 0) is 20.3 Å². The number of carbonyl (C=O) groups is 1. The molecule has 3 aromatic carbocycles. The minimum absolute atomic E-state index is 0.131. The number of sulfonamides is 1. The largest absolute Gasteiger partial charge is 0.494 e. The van der Waals surface area contributed by atoms with E-state index in [1.165, 1.54) is 7.11 Å². The van der Waals surface area contributed by atoms with Gasteiger partial charge in [-0.3, -0.25) is 4.72 Å². The lowest BCUT2D eigenvalue weighted by atomic mass is 9.93. The summed E-state index contributed by atoms with van der Waals surface area (Å²) in [5, 5.41) is 11.6. The number of carbonyl (C=O) groups excluding carboxylic acids is 1. The number of hydrogen-bond acceptors (Lipinski definition) is 7. The molecule has 9 nitrogen and oxygen atoms in total. The fourth-order valence-corrected chi connectivity index (χ4v) is 4.67. The molecule has 5 N–H and O–H groups in total. The zero-order chi connectivity index (χ0) is 27.0. The molecule has 10 heteroatoms. The van der Waals surface area contributed by atoms with E-state index in [0.717, 1.165) is 11.8 Å². The van der Waals surface area contributed by atoms with Crippen LogP contribution in [0.4, 0.5) is 11.4 Å². The number of nitrogens with one attached hydrogen (secondary N) is 2. The van der Waals surface area contributed by atoms with Crippen molar-refractivity contribution < 1.29 is 23.1 Å². The van der Waals surface area contributed by atoms with Gasteiger partial charge in [0.2, 0.25) is 10.0 Å². The van der Waals surface area contributed by atoms with E-state index in [1.807, 2.05) is 30.3 Å². The maximum Gasteiger partial charge on any atom is 0.337 e. The molecule has 0 saturated heterocycles. The van der Waals surface area contributed by atoms with Crippen molar-refractivity contribution in [1.29, 1.82) is 0 Å². The van der Waals surface area contributed by atoms with Crippen molar-refractivity contribution in [2.24, 2.45) is 10.7 Å².